The van der Waals surface area contributed by atoms with Crippen molar-refractivity contribution in [2.45, 2.75) is 25.1 Å². The first-order valence-electron chi connectivity index (χ1n) is 5.35. The normalized spacial score (nSPS) is 45.5. The third kappa shape index (κ3) is 1.80. The molecule has 0 aromatic carbocycles. The van der Waals surface area contributed by atoms with Crippen molar-refractivity contribution in [1.82, 2.24) is 0 Å². The van der Waals surface area contributed by atoms with Crippen molar-refractivity contribution < 1.29 is 13.2 Å². The Kier molecular flexibility index (Phi) is 3.39. The van der Waals surface area contributed by atoms with Gasteiger partial charge in [0.25, 0.3) is 0 Å². The van der Waals surface area contributed by atoms with E-state index in [2.05, 4.69) is 14.8 Å². The lowest BCUT2D eigenvalue weighted by atomic mass is 9.70. The molecule has 7 heteroatoms. The van der Waals surface area contributed by atoms with Crippen LogP contribution in [0.3, 0.4) is 0 Å². The van der Waals surface area contributed by atoms with E-state index in [1.807, 2.05) is 6.92 Å². The van der Waals surface area contributed by atoms with Gasteiger partial charge in [0.1, 0.15) is 0 Å². The van der Waals surface area contributed by atoms with Crippen LogP contribution in [0.5, 0.6) is 0 Å². The van der Waals surface area contributed by atoms with Crippen molar-refractivity contribution in [1.29, 1.82) is 0 Å². The Morgan fingerprint density at radius 1 is 1.53 bits per heavy atom. The van der Waals surface area contributed by atoms with Crippen LogP contribution in [0.15, 0.2) is 0 Å². The second kappa shape index (κ2) is 4.09. The predicted molar refractivity (Wildman–Crippen MR) is 71.3 cm³/mol. The van der Waals surface area contributed by atoms with Gasteiger partial charge in [-0.15, -0.1) is 23.2 Å². The fourth-order valence-corrected chi connectivity index (χ4v) is 6.96. The molecule has 0 amide bonds. The summed E-state index contributed by atoms with van der Waals surface area (Å²) in [5, 5.41) is -0.596. The average molecular weight is 364 g/mol. The zero-order chi connectivity index (χ0) is 13.1. The fraction of sp³-hybridized carbons (Fsp3) is 0.900. The summed E-state index contributed by atoms with van der Waals surface area (Å²) in [6, 6.07) is 0. The van der Waals surface area contributed by atoms with Gasteiger partial charge in [0.15, 0.2) is 5.78 Å². The van der Waals surface area contributed by atoms with Gasteiger partial charge in [0, 0.05) is 5.88 Å². The molecule has 4 unspecified atom stereocenters. The molecule has 17 heavy (non-hydrogen) atoms. The third-order valence-electron chi connectivity index (χ3n) is 4.57. The number of alkyl halides is 2. The van der Waals surface area contributed by atoms with E-state index >= 15 is 0 Å². The molecule has 2 fully saturated rings. The number of fused-ring (bicyclic) bond motifs is 2. The van der Waals surface area contributed by atoms with Crippen LogP contribution in [0.4, 0.5) is 0 Å². The van der Waals surface area contributed by atoms with Crippen LogP contribution in [0.25, 0.3) is 0 Å². The number of carbonyl (C=O) groups is 1. The molecule has 2 bridgehead atoms. The van der Waals surface area contributed by atoms with E-state index < -0.39 is 24.5 Å². The minimum Gasteiger partial charge on any atom is -0.297 e. The summed E-state index contributed by atoms with van der Waals surface area (Å²) in [6.45, 7) is 1.89. The zero-order valence-corrected chi connectivity index (χ0v) is 13.2. The molecule has 2 aliphatic rings. The molecule has 2 aliphatic carbocycles. The first-order chi connectivity index (χ1) is 7.68. The van der Waals surface area contributed by atoms with E-state index in [1.165, 1.54) is 0 Å². The fourth-order valence-electron chi connectivity index (χ4n) is 3.51. The SMILES string of the molecule is CC1(CCl)C2CCC1(CS(=O)(=O)Br)C(=O)C2Cl. The second-order valence-corrected chi connectivity index (χ2v) is 10.3. The maximum atomic E-state index is 12.3. The van der Waals surface area contributed by atoms with Crippen molar-refractivity contribution in [2.24, 2.45) is 16.7 Å². The molecule has 2 rings (SSSR count). The molecule has 0 heterocycles. The molecule has 98 valence electrons. The van der Waals surface area contributed by atoms with E-state index in [0.29, 0.717) is 6.42 Å². The predicted octanol–water partition coefficient (Wildman–Crippen LogP) is 2.54. The van der Waals surface area contributed by atoms with Crippen LogP contribution in [-0.2, 0) is 13.1 Å². The van der Waals surface area contributed by atoms with Crippen LogP contribution >= 0.6 is 38.0 Å². The van der Waals surface area contributed by atoms with Gasteiger partial charge in [0.2, 0.25) is 8.27 Å². The van der Waals surface area contributed by atoms with Crippen molar-refractivity contribution in [3.05, 3.63) is 0 Å². The van der Waals surface area contributed by atoms with E-state index in [0.717, 1.165) is 6.42 Å². The molecule has 4 atom stereocenters. The lowest BCUT2D eigenvalue weighted by Gasteiger charge is -2.36. The smallest absolute Gasteiger partial charge is 0.210 e. The summed E-state index contributed by atoms with van der Waals surface area (Å²) < 4.78 is 23.0. The van der Waals surface area contributed by atoms with E-state index in [1.54, 1.807) is 0 Å². The lowest BCUT2D eigenvalue weighted by molar-refractivity contribution is -0.127. The van der Waals surface area contributed by atoms with Crippen molar-refractivity contribution >= 4 is 52.1 Å². The zero-order valence-electron chi connectivity index (χ0n) is 9.25. The second-order valence-electron chi connectivity index (χ2n) is 5.23. The Labute approximate surface area is 118 Å². The number of ketones is 1. The van der Waals surface area contributed by atoms with E-state index in [9.17, 15) is 13.2 Å². The first kappa shape index (κ1) is 14.1. The highest BCUT2D eigenvalue weighted by atomic mass is 79.9. The Bertz CT molecular complexity index is 466. The first-order valence-corrected chi connectivity index (χ1v) is 9.81. The highest BCUT2D eigenvalue weighted by Gasteiger charge is 2.70. The quantitative estimate of drug-likeness (QED) is 0.571. The van der Waals surface area contributed by atoms with Crippen molar-refractivity contribution in [3.63, 3.8) is 0 Å². The number of hydrogen-bond acceptors (Lipinski definition) is 3. The van der Waals surface area contributed by atoms with Crippen LogP contribution in [0, 0.1) is 16.7 Å². The molecule has 0 aromatic rings. The molecule has 0 aliphatic heterocycles. The molecule has 2 saturated carbocycles. The highest BCUT2D eigenvalue weighted by molar-refractivity contribution is 9.47. The summed E-state index contributed by atoms with van der Waals surface area (Å²) in [6.07, 6.45) is 1.33. The Hall–Kier alpha value is 0.680. The van der Waals surface area contributed by atoms with Crippen LogP contribution in [-0.4, -0.2) is 31.2 Å². The number of halogens is 3. The molecule has 0 N–H and O–H groups in total. The largest absolute Gasteiger partial charge is 0.297 e. The Morgan fingerprint density at radius 2 is 2.12 bits per heavy atom. The van der Waals surface area contributed by atoms with Crippen LogP contribution in [0.2, 0.25) is 0 Å². The molecular weight excluding hydrogens is 351 g/mol. The summed E-state index contributed by atoms with van der Waals surface area (Å²) in [5.41, 5.74) is -1.42. The number of rotatable bonds is 3. The average Bonchev–Trinajstić information content (AvgIpc) is 2.55. The van der Waals surface area contributed by atoms with Gasteiger partial charge < -0.3 is 0 Å². The summed E-state index contributed by atoms with van der Waals surface area (Å²) in [7, 11) is -3.41. The standard InChI is InChI=1S/C10H13BrCl2O3S/c1-9(4-12)6-2-3-10(9,5-17(11,15)16)8(14)7(6)13/h6-7H,2-5H2,1H3. The van der Waals surface area contributed by atoms with Gasteiger partial charge in [0.05, 0.1) is 31.4 Å². The van der Waals surface area contributed by atoms with Gasteiger partial charge >= 0.3 is 0 Å². The summed E-state index contributed by atoms with van der Waals surface area (Å²) in [5.74, 6) is -0.110. The third-order valence-corrected chi connectivity index (χ3v) is 7.15. The Balaban J connectivity index is 2.52. The highest BCUT2D eigenvalue weighted by Crippen LogP contribution is 2.66. The number of Topliss-reactive ketones (excluding diaryl/α,β-unsaturated/α-hetero) is 1. The van der Waals surface area contributed by atoms with Crippen LogP contribution in [0.1, 0.15) is 19.8 Å². The van der Waals surface area contributed by atoms with Crippen LogP contribution < -0.4 is 0 Å². The molecule has 0 aromatic heterocycles. The van der Waals surface area contributed by atoms with Gasteiger partial charge in [-0.25, -0.2) is 8.42 Å². The lowest BCUT2D eigenvalue weighted by Crippen LogP contribution is -2.44. The van der Waals surface area contributed by atoms with Gasteiger partial charge in [-0.1, -0.05) is 6.92 Å². The molecule has 0 spiro atoms. The van der Waals surface area contributed by atoms with Gasteiger partial charge in [-0.05, 0) is 24.2 Å². The number of carbonyl (C=O) groups excluding carboxylic acids is 1. The van der Waals surface area contributed by atoms with Crippen molar-refractivity contribution in [2.75, 3.05) is 11.6 Å². The maximum absolute atomic E-state index is 12.3. The summed E-state index contributed by atoms with van der Waals surface area (Å²) >= 11 is 14.8. The van der Waals surface area contributed by atoms with E-state index in [-0.39, 0.29) is 23.3 Å². The molecule has 3 nitrogen and oxygen atoms in total. The molecule has 0 radical (unpaired) electrons. The molecular formula is C10H13BrCl2O3S. The monoisotopic (exact) mass is 362 g/mol. The minimum absolute atomic E-state index is 0.0107. The van der Waals surface area contributed by atoms with Crippen molar-refractivity contribution in [3.8, 4) is 0 Å². The maximum Gasteiger partial charge on any atom is 0.210 e. The Morgan fingerprint density at radius 3 is 2.59 bits per heavy atom. The number of hydrogen-bond donors (Lipinski definition) is 0. The molecule has 0 saturated heterocycles. The van der Waals surface area contributed by atoms with Gasteiger partial charge in [-0.3, -0.25) is 4.79 Å². The minimum atomic E-state index is -3.41. The topological polar surface area (TPSA) is 51.2 Å². The van der Waals surface area contributed by atoms with E-state index in [4.69, 9.17) is 23.2 Å². The van der Waals surface area contributed by atoms with Gasteiger partial charge in [-0.2, -0.15) is 0 Å². The summed E-state index contributed by atoms with van der Waals surface area (Å²) in [4.78, 5) is 12.3.